The Morgan fingerprint density at radius 1 is 1.12 bits per heavy atom. The second-order valence-corrected chi connectivity index (χ2v) is 8.49. The molecule has 1 aliphatic heterocycles. The van der Waals surface area contributed by atoms with E-state index in [1.54, 1.807) is 0 Å². The van der Waals surface area contributed by atoms with Crippen LogP contribution >= 0.6 is 11.9 Å². The number of aryl methyl sites for hydroxylation is 2. The highest BCUT2D eigenvalue weighted by Gasteiger charge is 2.24. The van der Waals surface area contributed by atoms with Gasteiger partial charge in [-0.05, 0) is 105 Å². The minimum atomic E-state index is -0.106. The van der Waals surface area contributed by atoms with Gasteiger partial charge in [-0.1, -0.05) is 18.6 Å². The average molecular weight is 372 g/mol. The summed E-state index contributed by atoms with van der Waals surface area (Å²) in [6, 6.07) is 2.79. The van der Waals surface area contributed by atoms with Crippen LogP contribution in [-0.4, -0.2) is 30.6 Å². The molecule has 2 aliphatic carbocycles. The molecule has 1 aromatic rings. The molecule has 0 bridgehead atoms. The summed E-state index contributed by atoms with van der Waals surface area (Å²) in [5, 5.41) is 5.19. The summed E-state index contributed by atoms with van der Waals surface area (Å²) in [7, 11) is 2.18. The molecule has 1 unspecified atom stereocenters. The van der Waals surface area contributed by atoms with Crippen molar-refractivity contribution in [2.75, 3.05) is 18.9 Å². The van der Waals surface area contributed by atoms with Gasteiger partial charge in [-0.25, -0.2) is 4.79 Å². The second-order valence-electron chi connectivity index (χ2n) is 7.78. The lowest BCUT2D eigenvalue weighted by Crippen LogP contribution is -2.34. The van der Waals surface area contributed by atoms with Crippen LogP contribution in [0.5, 0.6) is 0 Å². The molecule has 2 N–H and O–H groups in total. The van der Waals surface area contributed by atoms with E-state index >= 15 is 0 Å². The molecule has 0 aromatic heterocycles. The van der Waals surface area contributed by atoms with Crippen LogP contribution in [0.4, 0.5) is 10.5 Å². The average Bonchev–Trinajstić information content (AvgIpc) is 3.29. The maximum atomic E-state index is 12.4. The normalized spacial score (nSPS) is 22.4. The second kappa shape index (κ2) is 8.05. The Morgan fingerprint density at radius 2 is 1.85 bits per heavy atom. The summed E-state index contributed by atoms with van der Waals surface area (Å²) >= 11 is 1.37. The number of piperidine rings is 1. The maximum absolute atomic E-state index is 12.4. The van der Waals surface area contributed by atoms with E-state index < -0.39 is 0 Å². The van der Waals surface area contributed by atoms with Gasteiger partial charge in [0.15, 0.2) is 0 Å². The molecule has 3 aliphatic rings. The Kier molecular flexibility index (Phi) is 5.55. The number of fused-ring (bicyclic) bond motifs is 2. The van der Waals surface area contributed by atoms with Gasteiger partial charge in [0.1, 0.15) is 0 Å². The van der Waals surface area contributed by atoms with Gasteiger partial charge in [-0.2, -0.15) is 0 Å². The van der Waals surface area contributed by atoms with Crippen molar-refractivity contribution in [2.45, 2.75) is 63.8 Å². The molecule has 1 atom stereocenters. The number of anilines is 1. The maximum Gasteiger partial charge on any atom is 0.329 e. The number of benzene rings is 1. The van der Waals surface area contributed by atoms with E-state index in [0.717, 1.165) is 37.9 Å². The minimum absolute atomic E-state index is 0.106. The smallest absolute Gasteiger partial charge is 0.307 e. The van der Waals surface area contributed by atoms with E-state index in [1.807, 2.05) is 5.41 Å². The Bertz CT molecular complexity index is 683. The summed E-state index contributed by atoms with van der Waals surface area (Å²) < 4.78 is 2.93. The van der Waals surface area contributed by atoms with Crippen LogP contribution in [-0.2, 0) is 25.7 Å². The number of likely N-dealkylation sites (N-methyl/N-ethyl adjacent to an activating group) is 1. The van der Waals surface area contributed by atoms with E-state index in [4.69, 9.17) is 0 Å². The van der Waals surface area contributed by atoms with Crippen molar-refractivity contribution in [2.24, 2.45) is 0 Å². The van der Waals surface area contributed by atoms with Crippen molar-refractivity contribution < 1.29 is 4.79 Å². The number of nitrogens with one attached hydrogen (secondary N) is 2. The van der Waals surface area contributed by atoms with E-state index in [-0.39, 0.29) is 6.03 Å². The van der Waals surface area contributed by atoms with Gasteiger partial charge in [0.2, 0.25) is 0 Å². The number of carbonyl (C=O) groups is 1. The lowest BCUT2D eigenvalue weighted by molar-refractivity contribution is 0.222. The molecule has 1 fully saturated rings. The summed E-state index contributed by atoms with van der Waals surface area (Å²) in [6.07, 6.45) is 12.9. The third-order valence-electron chi connectivity index (χ3n) is 6.06. The van der Waals surface area contributed by atoms with Crippen molar-refractivity contribution >= 4 is 23.7 Å². The van der Waals surface area contributed by atoms with Gasteiger partial charge in [0.25, 0.3) is 0 Å². The molecule has 0 radical (unpaired) electrons. The number of rotatable bonds is 4. The first-order chi connectivity index (χ1) is 12.7. The van der Waals surface area contributed by atoms with Crippen LogP contribution in [0.15, 0.2) is 17.6 Å². The first kappa shape index (κ1) is 17.9. The van der Waals surface area contributed by atoms with E-state index in [9.17, 15) is 4.79 Å². The number of amides is 2. The molecule has 5 heteroatoms. The Labute approximate surface area is 160 Å². The molecule has 2 amide bonds. The highest BCUT2D eigenvalue weighted by atomic mass is 32.2. The van der Waals surface area contributed by atoms with Gasteiger partial charge in [-0.15, -0.1) is 0 Å². The SMILES string of the molecule is CN1CCCCC1/C=C/SNC(=O)Nc1c2c(cc3c1CCC3)CCC2. The fourth-order valence-electron chi connectivity index (χ4n) is 4.67. The molecule has 1 heterocycles. The molecular formula is C21H29N3OS. The van der Waals surface area contributed by atoms with Gasteiger partial charge in [-0.3, -0.25) is 9.62 Å². The van der Waals surface area contributed by atoms with E-state index in [1.165, 1.54) is 66.3 Å². The molecular weight excluding hydrogens is 342 g/mol. The Balaban J connectivity index is 1.36. The Hall–Kier alpha value is -1.46. The molecule has 1 aromatic carbocycles. The monoisotopic (exact) mass is 371 g/mol. The molecule has 0 spiro atoms. The number of likely N-dealkylation sites (tertiary alicyclic amines) is 1. The van der Waals surface area contributed by atoms with Gasteiger partial charge in [0.05, 0.1) is 0 Å². The number of hydrogen-bond acceptors (Lipinski definition) is 3. The lowest BCUT2D eigenvalue weighted by atomic mass is 9.99. The predicted octanol–water partition coefficient (Wildman–Crippen LogP) is 4.43. The molecule has 0 saturated carbocycles. The first-order valence-electron chi connectivity index (χ1n) is 9.98. The van der Waals surface area contributed by atoms with Crippen LogP contribution in [0.3, 0.4) is 0 Å². The highest BCUT2D eigenvalue weighted by molar-refractivity contribution is 8.00. The summed E-state index contributed by atoms with van der Waals surface area (Å²) in [5.74, 6) is 0. The molecule has 4 rings (SSSR count). The van der Waals surface area contributed by atoms with E-state index in [2.05, 4.69) is 34.1 Å². The van der Waals surface area contributed by atoms with Crippen molar-refractivity contribution in [1.82, 2.24) is 9.62 Å². The van der Waals surface area contributed by atoms with Crippen molar-refractivity contribution in [3.63, 3.8) is 0 Å². The minimum Gasteiger partial charge on any atom is -0.307 e. The molecule has 1 saturated heterocycles. The van der Waals surface area contributed by atoms with Crippen LogP contribution in [0.1, 0.15) is 54.4 Å². The molecule has 26 heavy (non-hydrogen) atoms. The quantitative estimate of drug-likeness (QED) is 0.770. The third kappa shape index (κ3) is 3.79. The van der Waals surface area contributed by atoms with Crippen LogP contribution in [0, 0.1) is 0 Å². The third-order valence-corrected chi connectivity index (χ3v) is 6.66. The largest absolute Gasteiger partial charge is 0.329 e. The highest BCUT2D eigenvalue weighted by Crippen LogP contribution is 2.38. The standard InChI is InChI=1S/C21H29N3OS/c1-24-12-3-2-8-17(24)11-13-26-23-21(25)22-20-18-9-4-6-15(18)14-16-7-5-10-19(16)20/h11,13-14,17H,2-10,12H2,1H3,(H2,22,23,25)/b13-11+. The van der Waals surface area contributed by atoms with Crippen LogP contribution in [0.2, 0.25) is 0 Å². The van der Waals surface area contributed by atoms with Crippen LogP contribution < -0.4 is 10.0 Å². The fourth-order valence-corrected chi connectivity index (χ4v) is 5.15. The van der Waals surface area contributed by atoms with Crippen LogP contribution in [0.25, 0.3) is 0 Å². The fraction of sp³-hybridized carbons (Fsp3) is 0.571. The topological polar surface area (TPSA) is 44.4 Å². The lowest BCUT2D eigenvalue weighted by Gasteiger charge is -2.29. The summed E-state index contributed by atoms with van der Waals surface area (Å²) in [4.78, 5) is 14.8. The van der Waals surface area contributed by atoms with Gasteiger partial charge < -0.3 is 5.32 Å². The summed E-state index contributed by atoms with van der Waals surface area (Å²) in [5.41, 5.74) is 6.78. The zero-order valence-electron chi connectivity index (χ0n) is 15.6. The van der Waals surface area contributed by atoms with Crippen molar-refractivity contribution in [3.8, 4) is 0 Å². The Morgan fingerprint density at radius 3 is 2.54 bits per heavy atom. The van der Waals surface area contributed by atoms with Gasteiger partial charge >= 0.3 is 6.03 Å². The van der Waals surface area contributed by atoms with Gasteiger partial charge in [0, 0.05) is 11.7 Å². The van der Waals surface area contributed by atoms with E-state index in [0.29, 0.717) is 6.04 Å². The van der Waals surface area contributed by atoms with Crippen molar-refractivity contribution in [1.29, 1.82) is 0 Å². The predicted molar refractivity (Wildman–Crippen MR) is 110 cm³/mol. The summed E-state index contributed by atoms with van der Waals surface area (Å²) in [6.45, 7) is 1.16. The zero-order valence-corrected chi connectivity index (χ0v) is 16.5. The van der Waals surface area contributed by atoms with Crippen molar-refractivity contribution in [3.05, 3.63) is 39.8 Å². The number of nitrogens with zero attached hydrogens (tertiary/aromatic N) is 1. The number of urea groups is 1. The first-order valence-corrected chi connectivity index (χ1v) is 10.9. The molecule has 4 nitrogen and oxygen atoms in total. The zero-order chi connectivity index (χ0) is 17.9. The molecule has 140 valence electrons. The number of hydrogen-bond donors (Lipinski definition) is 2. The number of carbonyl (C=O) groups excluding carboxylic acids is 1.